The molecule has 0 saturated carbocycles. The van der Waals surface area contributed by atoms with Crippen molar-refractivity contribution >= 4 is 22.0 Å². The molecule has 0 atom stereocenters. The zero-order valence-corrected chi connectivity index (χ0v) is 20.5. The third-order valence-electron chi connectivity index (χ3n) is 6.49. The lowest BCUT2D eigenvalue weighted by molar-refractivity contribution is 0.0647. The van der Waals surface area contributed by atoms with E-state index in [0.717, 1.165) is 38.9 Å². The number of sulfonamides is 1. The molecule has 2 aromatic carbocycles. The molecule has 0 radical (unpaired) electrons. The minimum atomic E-state index is -3.62. The van der Waals surface area contributed by atoms with Gasteiger partial charge < -0.3 is 9.64 Å². The van der Waals surface area contributed by atoms with Gasteiger partial charge in [-0.2, -0.15) is 4.31 Å². The van der Waals surface area contributed by atoms with E-state index in [4.69, 9.17) is 4.74 Å². The van der Waals surface area contributed by atoms with Crippen LogP contribution >= 0.6 is 0 Å². The maximum Gasteiger partial charge on any atom is 0.257 e. The maximum atomic E-state index is 13.3. The predicted molar refractivity (Wildman–Crippen MR) is 133 cm³/mol. The molecule has 0 bridgehead atoms. The fourth-order valence-corrected chi connectivity index (χ4v) is 6.02. The molecule has 7 nitrogen and oxygen atoms in total. The molecule has 8 heteroatoms. The van der Waals surface area contributed by atoms with Crippen LogP contribution in [0.15, 0.2) is 59.5 Å². The topological polar surface area (TPSA) is 70.2 Å². The van der Waals surface area contributed by atoms with E-state index in [1.54, 1.807) is 11.0 Å². The summed E-state index contributed by atoms with van der Waals surface area (Å²) in [6.45, 7) is 4.58. The predicted octanol–water partition coefficient (Wildman–Crippen LogP) is 3.34. The Hall–Kier alpha value is -2.68. The van der Waals surface area contributed by atoms with Crippen LogP contribution in [0.2, 0.25) is 0 Å². The van der Waals surface area contributed by atoms with E-state index in [0.29, 0.717) is 37.5 Å². The van der Waals surface area contributed by atoms with Gasteiger partial charge in [-0.1, -0.05) is 48.9 Å². The molecular weight excluding hydrogens is 450 g/mol. The first-order valence-corrected chi connectivity index (χ1v) is 13.3. The number of methoxy groups -OCH3 is 1. The molecule has 0 spiro atoms. The van der Waals surface area contributed by atoms with Crippen molar-refractivity contribution in [3.05, 3.63) is 65.7 Å². The summed E-state index contributed by atoms with van der Waals surface area (Å²) in [7, 11) is -2.12. The average Bonchev–Trinajstić information content (AvgIpc) is 2.89. The van der Waals surface area contributed by atoms with Gasteiger partial charge >= 0.3 is 0 Å². The molecule has 0 unspecified atom stereocenters. The molecule has 0 aromatic heterocycles. The van der Waals surface area contributed by atoms with Gasteiger partial charge in [-0.05, 0) is 36.6 Å². The monoisotopic (exact) mass is 483 g/mol. The van der Waals surface area contributed by atoms with Gasteiger partial charge in [-0.3, -0.25) is 9.69 Å². The fourth-order valence-electron chi connectivity index (χ4n) is 4.47. The van der Waals surface area contributed by atoms with E-state index in [9.17, 15) is 13.2 Å². The summed E-state index contributed by atoms with van der Waals surface area (Å²) < 4.78 is 33.2. The number of carbonyl (C=O) groups is 1. The van der Waals surface area contributed by atoms with Crippen LogP contribution in [0.3, 0.4) is 0 Å². The number of piperazine rings is 1. The highest BCUT2D eigenvalue weighted by Gasteiger charge is 2.29. The second-order valence-electron chi connectivity index (χ2n) is 8.73. The van der Waals surface area contributed by atoms with Gasteiger partial charge in [0, 0.05) is 45.8 Å². The Bertz CT molecular complexity index is 1100. The number of benzene rings is 2. The summed E-state index contributed by atoms with van der Waals surface area (Å²) in [5, 5.41) is 0. The first-order chi connectivity index (χ1) is 16.5. The van der Waals surface area contributed by atoms with Gasteiger partial charge in [0.05, 0.1) is 17.6 Å². The number of piperidine rings is 1. The number of ether oxygens (including phenoxy) is 1. The Morgan fingerprint density at radius 3 is 2.32 bits per heavy atom. The van der Waals surface area contributed by atoms with Gasteiger partial charge in [0.25, 0.3) is 5.91 Å². The molecule has 2 saturated heterocycles. The lowest BCUT2D eigenvalue weighted by Crippen LogP contribution is -2.48. The quantitative estimate of drug-likeness (QED) is 0.604. The molecule has 182 valence electrons. The fraction of sp³-hybridized carbons (Fsp3) is 0.423. The van der Waals surface area contributed by atoms with E-state index in [1.165, 1.54) is 29.1 Å². The summed E-state index contributed by atoms with van der Waals surface area (Å²) >= 11 is 0. The van der Waals surface area contributed by atoms with Crippen molar-refractivity contribution in [2.75, 3.05) is 52.9 Å². The van der Waals surface area contributed by atoms with Crippen molar-refractivity contribution in [1.82, 2.24) is 14.1 Å². The number of nitrogens with zero attached hydrogens (tertiary/aromatic N) is 3. The molecule has 0 N–H and O–H groups in total. The summed E-state index contributed by atoms with van der Waals surface area (Å²) in [5.74, 6) is 0.211. The maximum absolute atomic E-state index is 13.3. The minimum Gasteiger partial charge on any atom is -0.496 e. The van der Waals surface area contributed by atoms with Crippen LogP contribution in [0.25, 0.3) is 6.08 Å². The normalized spacial score (nSPS) is 18.3. The highest BCUT2D eigenvalue weighted by atomic mass is 32.2. The zero-order valence-electron chi connectivity index (χ0n) is 19.7. The van der Waals surface area contributed by atoms with Crippen LogP contribution in [0.4, 0.5) is 0 Å². The second kappa shape index (κ2) is 11.2. The highest BCUT2D eigenvalue weighted by Crippen LogP contribution is 2.27. The van der Waals surface area contributed by atoms with Crippen LogP contribution in [0.5, 0.6) is 5.75 Å². The highest BCUT2D eigenvalue weighted by molar-refractivity contribution is 7.89. The van der Waals surface area contributed by atoms with Gasteiger partial charge in [0.1, 0.15) is 5.75 Å². The SMILES string of the molecule is COc1ccc(S(=O)(=O)N2CCCCC2)cc1C(=O)N1CCN(C/C=C/c2ccccc2)CC1. The Morgan fingerprint density at radius 2 is 1.65 bits per heavy atom. The third kappa shape index (κ3) is 5.68. The lowest BCUT2D eigenvalue weighted by Gasteiger charge is -2.34. The minimum absolute atomic E-state index is 0.156. The van der Waals surface area contributed by atoms with Crippen molar-refractivity contribution in [3.63, 3.8) is 0 Å². The van der Waals surface area contributed by atoms with Crippen LogP contribution in [0, 0.1) is 0 Å². The van der Waals surface area contributed by atoms with Crippen LogP contribution in [-0.2, 0) is 10.0 Å². The number of amides is 1. The molecule has 4 rings (SSSR count). The van der Waals surface area contributed by atoms with E-state index < -0.39 is 10.0 Å². The van der Waals surface area contributed by atoms with Crippen molar-refractivity contribution in [1.29, 1.82) is 0 Å². The zero-order chi connectivity index (χ0) is 24.0. The summed E-state index contributed by atoms with van der Waals surface area (Å²) in [6, 6.07) is 14.8. The Kier molecular flexibility index (Phi) is 8.03. The number of rotatable bonds is 7. The lowest BCUT2D eigenvalue weighted by atomic mass is 10.1. The smallest absolute Gasteiger partial charge is 0.257 e. The van der Waals surface area contributed by atoms with Crippen LogP contribution in [0.1, 0.15) is 35.2 Å². The summed E-state index contributed by atoms with van der Waals surface area (Å²) in [6.07, 6.45) is 7.03. The van der Waals surface area contributed by atoms with Gasteiger partial charge in [0.15, 0.2) is 0 Å². The number of hydrogen-bond donors (Lipinski definition) is 0. The number of hydrogen-bond acceptors (Lipinski definition) is 5. The Labute approximate surface area is 202 Å². The Morgan fingerprint density at radius 1 is 0.941 bits per heavy atom. The van der Waals surface area contributed by atoms with Crippen LogP contribution in [-0.4, -0.2) is 81.4 Å². The van der Waals surface area contributed by atoms with Crippen molar-refractivity contribution in [2.24, 2.45) is 0 Å². The molecule has 0 aliphatic carbocycles. The van der Waals surface area contributed by atoms with Gasteiger partial charge in [-0.15, -0.1) is 0 Å². The molecule has 2 aromatic rings. The molecule has 34 heavy (non-hydrogen) atoms. The molecule has 1 amide bonds. The van der Waals surface area contributed by atoms with E-state index >= 15 is 0 Å². The van der Waals surface area contributed by atoms with E-state index in [1.807, 2.05) is 18.2 Å². The first-order valence-electron chi connectivity index (χ1n) is 11.9. The molecule has 2 fully saturated rings. The van der Waals surface area contributed by atoms with E-state index in [-0.39, 0.29) is 10.8 Å². The molecule has 2 heterocycles. The van der Waals surface area contributed by atoms with E-state index in [2.05, 4.69) is 29.2 Å². The van der Waals surface area contributed by atoms with Crippen molar-refractivity contribution in [2.45, 2.75) is 24.2 Å². The average molecular weight is 484 g/mol. The largest absolute Gasteiger partial charge is 0.496 e. The first kappa shape index (κ1) is 24.4. The van der Waals surface area contributed by atoms with Crippen LogP contribution < -0.4 is 4.74 Å². The van der Waals surface area contributed by atoms with Crippen molar-refractivity contribution in [3.8, 4) is 5.75 Å². The Balaban J connectivity index is 1.41. The third-order valence-corrected chi connectivity index (χ3v) is 8.38. The number of carbonyl (C=O) groups excluding carboxylic acids is 1. The standard InChI is InChI=1S/C26H33N3O4S/c1-33-25-13-12-23(34(31,32)29-15-6-3-7-16-29)21-24(25)26(30)28-19-17-27(18-20-28)14-8-11-22-9-4-2-5-10-22/h2,4-5,8-13,21H,3,6-7,14-20H2,1H3/b11-8+. The molecule has 2 aliphatic heterocycles. The van der Waals surface area contributed by atoms with Gasteiger partial charge in [-0.25, -0.2) is 8.42 Å². The molecular formula is C26H33N3O4S. The van der Waals surface area contributed by atoms with Gasteiger partial charge in [0.2, 0.25) is 10.0 Å². The van der Waals surface area contributed by atoms with Crippen molar-refractivity contribution < 1.29 is 17.9 Å². The molecule has 2 aliphatic rings. The second-order valence-corrected chi connectivity index (χ2v) is 10.7. The summed E-state index contributed by atoms with van der Waals surface area (Å²) in [4.78, 5) is 17.6. The summed E-state index contributed by atoms with van der Waals surface area (Å²) in [5.41, 5.74) is 1.47.